The van der Waals surface area contributed by atoms with Crippen molar-refractivity contribution in [2.75, 3.05) is 6.54 Å². The van der Waals surface area contributed by atoms with Gasteiger partial charge in [-0.2, -0.15) is 0 Å². The zero-order chi connectivity index (χ0) is 12.3. The van der Waals surface area contributed by atoms with Crippen LogP contribution in [-0.2, 0) is 11.2 Å². The average Bonchev–Trinajstić information content (AvgIpc) is 3.14. The third-order valence-electron chi connectivity index (χ3n) is 3.36. The lowest BCUT2D eigenvalue weighted by molar-refractivity contribution is -0.126. The molecule has 1 unspecified atom stereocenters. The second-order valence-corrected chi connectivity index (χ2v) is 4.92. The van der Waals surface area contributed by atoms with Crippen molar-refractivity contribution in [1.82, 2.24) is 10.3 Å². The van der Waals surface area contributed by atoms with E-state index in [0.29, 0.717) is 12.5 Å². The lowest BCUT2D eigenvalue weighted by atomic mass is 9.96. The van der Waals surface area contributed by atoms with Crippen molar-refractivity contribution >= 4 is 5.91 Å². The molecule has 92 valence electrons. The Morgan fingerprint density at radius 2 is 2.18 bits per heavy atom. The van der Waals surface area contributed by atoms with Crippen LogP contribution in [-0.4, -0.2) is 23.0 Å². The van der Waals surface area contributed by atoms with Gasteiger partial charge >= 0.3 is 0 Å². The van der Waals surface area contributed by atoms with Crippen molar-refractivity contribution in [2.24, 2.45) is 11.7 Å². The third-order valence-corrected chi connectivity index (χ3v) is 3.36. The van der Waals surface area contributed by atoms with E-state index >= 15 is 0 Å². The topological polar surface area (TPSA) is 68.0 Å². The Kier molecular flexibility index (Phi) is 3.43. The van der Waals surface area contributed by atoms with Gasteiger partial charge in [0.15, 0.2) is 0 Å². The number of carbonyl (C=O) groups excluding carboxylic acids is 1. The van der Waals surface area contributed by atoms with E-state index in [1.165, 1.54) is 5.56 Å². The summed E-state index contributed by atoms with van der Waals surface area (Å²) < 4.78 is 0. The van der Waals surface area contributed by atoms with Crippen LogP contribution in [0.3, 0.4) is 0 Å². The maximum absolute atomic E-state index is 11.9. The highest BCUT2D eigenvalue weighted by Gasteiger charge is 2.43. The summed E-state index contributed by atoms with van der Waals surface area (Å²) in [6.07, 6.45) is 6.48. The molecule has 0 spiro atoms. The molecule has 3 N–H and O–H groups in total. The van der Waals surface area contributed by atoms with Crippen molar-refractivity contribution in [3.8, 4) is 0 Å². The number of amides is 1. The summed E-state index contributed by atoms with van der Waals surface area (Å²) in [7, 11) is 0. The van der Waals surface area contributed by atoms with Crippen molar-refractivity contribution in [3.05, 3.63) is 30.1 Å². The molecule has 0 radical (unpaired) electrons. The van der Waals surface area contributed by atoms with E-state index in [9.17, 15) is 4.79 Å². The largest absolute Gasteiger partial charge is 0.354 e. The maximum Gasteiger partial charge on any atom is 0.240 e. The number of pyridine rings is 1. The normalized spacial score (nSPS) is 18.5. The van der Waals surface area contributed by atoms with E-state index in [1.54, 1.807) is 12.4 Å². The molecule has 1 aromatic heterocycles. The van der Waals surface area contributed by atoms with Crippen molar-refractivity contribution in [1.29, 1.82) is 0 Å². The predicted molar refractivity (Wildman–Crippen MR) is 66.3 cm³/mol. The van der Waals surface area contributed by atoms with Crippen LogP contribution in [0.15, 0.2) is 24.5 Å². The van der Waals surface area contributed by atoms with Crippen LogP contribution in [0.1, 0.15) is 25.3 Å². The highest BCUT2D eigenvalue weighted by Crippen LogP contribution is 2.38. The quantitative estimate of drug-likeness (QED) is 0.793. The molecule has 1 atom stereocenters. The molecule has 0 bridgehead atoms. The Labute approximate surface area is 102 Å². The van der Waals surface area contributed by atoms with E-state index in [4.69, 9.17) is 5.73 Å². The van der Waals surface area contributed by atoms with Crippen LogP contribution in [0.2, 0.25) is 0 Å². The highest BCUT2D eigenvalue weighted by atomic mass is 16.2. The van der Waals surface area contributed by atoms with Crippen LogP contribution < -0.4 is 11.1 Å². The lowest BCUT2D eigenvalue weighted by Crippen LogP contribution is -2.53. The Morgan fingerprint density at radius 1 is 1.53 bits per heavy atom. The first-order valence-corrected chi connectivity index (χ1v) is 6.07. The third kappa shape index (κ3) is 3.03. The summed E-state index contributed by atoms with van der Waals surface area (Å²) in [5, 5.41) is 2.91. The second-order valence-electron chi connectivity index (χ2n) is 4.92. The molecule has 1 aromatic rings. The summed E-state index contributed by atoms with van der Waals surface area (Å²) in [6.45, 7) is 2.45. The number of carbonyl (C=O) groups is 1. The molecule has 4 nitrogen and oxygen atoms in total. The number of aromatic nitrogens is 1. The fraction of sp³-hybridized carbons (Fsp3) is 0.538. The van der Waals surface area contributed by atoms with E-state index in [1.807, 2.05) is 19.1 Å². The number of hydrogen-bond donors (Lipinski definition) is 2. The molecule has 4 heteroatoms. The molecule has 1 fully saturated rings. The molecule has 1 heterocycles. The molecule has 2 rings (SSSR count). The van der Waals surface area contributed by atoms with Crippen LogP contribution >= 0.6 is 0 Å². The van der Waals surface area contributed by atoms with Crippen LogP contribution in [0.5, 0.6) is 0 Å². The zero-order valence-electron chi connectivity index (χ0n) is 10.1. The van der Waals surface area contributed by atoms with Crippen molar-refractivity contribution in [2.45, 2.75) is 31.7 Å². The summed E-state index contributed by atoms with van der Waals surface area (Å²) in [4.78, 5) is 15.8. The Hall–Kier alpha value is -1.42. The van der Waals surface area contributed by atoms with E-state index in [2.05, 4.69) is 10.3 Å². The van der Waals surface area contributed by atoms with Gasteiger partial charge in [0.2, 0.25) is 5.91 Å². The van der Waals surface area contributed by atoms with Gasteiger partial charge < -0.3 is 11.1 Å². The summed E-state index contributed by atoms with van der Waals surface area (Å²) in [6, 6.07) is 3.91. The lowest BCUT2D eigenvalue weighted by Gasteiger charge is -2.23. The Morgan fingerprint density at radius 3 is 2.76 bits per heavy atom. The van der Waals surface area contributed by atoms with Crippen LogP contribution in [0.25, 0.3) is 0 Å². The van der Waals surface area contributed by atoms with Gasteiger partial charge in [0.25, 0.3) is 0 Å². The number of hydrogen-bond acceptors (Lipinski definition) is 3. The molecule has 17 heavy (non-hydrogen) atoms. The first-order chi connectivity index (χ1) is 8.10. The van der Waals surface area contributed by atoms with Gasteiger partial charge in [-0.15, -0.1) is 0 Å². The monoisotopic (exact) mass is 233 g/mol. The van der Waals surface area contributed by atoms with Gasteiger partial charge in [-0.25, -0.2) is 0 Å². The molecule has 0 aliphatic heterocycles. The molecule has 1 saturated carbocycles. The summed E-state index contributed by atoms with van der Waals surface area (Å²) >= 11 is 0. The van der Waals surface area contributed by atoms with Crippen molar-refractivity contribution in [3.63, 3.8) is 0 Å². The van der Waals surface area contributed by atoms with Gasteiger partial charge in [0, 0.05) is 18.9 Å². The predicted octanol–water partition coefficient (Wildman–Crippen LogP) is 0.868. The minimum absolute atomic E-state index is 0.0333. The molecule has 1 aliphatic rings. The fourth-order valence-corrected chi connectivity index (χ4v) is 1.93. The van der Waals surface area contributed by atoms with Crippen LogP contribution in [0.4, 0.5) is 0 Å². The molecular formula is C13H19N3O. The number of nitrogens with one attached hydrogen (secondary N) is 1. The highest BCUT2D eigenvalue weighted by molar-refractivity contribution is 5.86. The fourth-order valence-electron chi connectivity index (χ4n) is 1.93. The van der Waals surface area contributed by atoms with Gasteiger partial charge in [-0.3, -0.25) is 9.78 Å². The molecule has 0 aromatic carbocycles. The minimum atomic E-state index is -0.696. The summed E-state index contributed by atoms with van der Waals surface area (Å²) in [5.74, 6) is 0.331. The minimum Gasteiger partial charge on any atom is -0.354 e. The van der Waals surface area contributed by atoms with Gasteiger partial charge in [-0.1, -0.05) is 0 Å². The number of nitrogens with two attached hydrogens (primary N) is 1. The standard InChI is InChI=1S/C13H19N3O/c1-13(14,11-2-3-11)12(17)16-9-6-10-4-7-15-8-5-10/h4-5,7-8,11H,2-3,6,9,14H2,1H3,(H,16,17). The van der Waals surface area contributed by atoms with Crippen molar-refractivity contribution < 1.29 is 4.79 Å². The maximum atomic E-state index is 11.9. The smallest absolute Gasteiger partial charge is 0.240 e. The van der Waals surface area contributed by atoms with Crippen LogP contribution in [0, 0.1) is 5.92 Å². The molecule has 0 saturated heterocycles. The van der Waals surface area contributed by atoms with E-state index in [-0.39, 0.29) is 5.91 Å². The summed E-state index contributed by atoms with van der Waals surface area (Å²) in [5.41, 5.74) is 6.50. The van der Waals surface area contributed by atoms with E-state index < -0.39 is 5.54 Å². The second kappa shape index (κ2) is 4.84. The number of nitrogens with zero attached hydrogens (tertiary/aromatic N) is 1. The van der Waals surface area contributed by atoms with Gasteiger partial charge in [0.1, 0.15) is 0 Å². The molecule has 1 aliphatic carbocycles. The zero-order valence-corrected chi connectivity index (χ0v) is 10.1. The Bertz CT molecular complexity index is 385. The van der Waals surface area contributed by atoms with Gasteiger partial charge in [0.05, 0.1) is 5.54 Å². The van der Waals surface area contributed by atoms with E-state index in [0.717, 1.165) is 19.3 Å². The SMILES string of the molecule is CC(N)(C(=O)NCCc1ccncc1)C1CC1. The molecule has 1 amide bonds. The Balaban J connectivity index is 1.77. The number of rotatable bonds is 5. The first-order valence-electron chi connectivity index (χ1n) is 6.07. The van der Waals surface area contributed by atoms with Gasteiger partial charge in [-0.05, 0) is 49.8 Å². The first kappa shape index (κ1) is 12.0. The molecular weight excluding hydrogens is 214 g/mol. The average molecular weight is 233 g/mol.